The third-order valence-corrected chi connectivity index (χ3v) is 4.09. The van der Waals surface area contributed by atoms with E-state index >= 15 is 0 Å². The molecule has 1 saturated carbocycles. The van der Waals surface area contributed by atoms with Crippen molar-refractivity contribution in [3.63, 3.8) is 0 Å². The summed E-state index contributed by atoms with van der Waals surface area (Å²) in [6.07, 6.45) is 7.43. The smallest absolute Gasteiger partial charge is 0.268 e. The van der Waals surface area contributed by atoms with Crippen LogP contribution in [0.5, 0.6) is 5.88 Å². The fraction of sp³-hybridized carbons (Fsp3) is 0.667. The van der Waals surface area contributed by atoms with Crippen molar-refractivity contribution in [2.45, 2.75) is 45.1 Å². The van der Waals surface area contributed by atoms with Gasteiger partial charge >= 0.3 is 0 Å². The third kappa shape index (κ3) is 2.89. The minimum absolute atomic E-state index is 0.194. The Hall–Kier alpha value is -0.840. The molecule has 2 atom stereocenters. The van der Waals surface area contributed by atoms with E-state index in [9.17, 15) is 4.79 Å². The number of rotatable bonds is 3. The maximum Gasteiger partial charge on any atom is 0.268 e. The molecule has 1 aliphatic rings. The van der Waals surface area contributed by atoms with Gasteiger partial charge in [0, 0.05) is 0 Å². The molecule has 1 fully saturated rings. The van der Waals surface area contributed by atoms with Crippen LogP contribution in [-0.4, -0.2) is 16.1 Å². The Bertz CT molecular complexity index is 433. The van der Waals surface area contributed by atoms with Gasteiger partial charge in [0.1, 0.15) is 10.6 Å². The van der Waals surface area contributed by atoms with E-state index in [1.807, 2.05) is 0 Å². The average molecular weight is 301 g/mol. The lowest BCUT2D eigenvalue weighted by atomic mass is 9.85. The summed E-state index contributed by atoms with van der Waals surface area (Å²) in [5.74, 6) is 0.996. The molecule has 5 heteroatoms. The highest BCUT2D eigenvalue weighted by Crippen LogP contribution is 2.31. The Balaban J connectivity index is 2.13. The zero-order valence-electron chi connectivity index (χ0n) is 9.91. The van der Waals surface area contributed by atoms with Crippen molar-refractivity contribution in [1.82, 2.24) is 9.97 Å². The molecule has 0 radical (unpaired) electrons. The monoisotopic (exact) mass is 300 g/mol. The Morgan fingerprint density at radius 3 is 3.06 bits per heavy atom. The van der Waals surface area contributed by atoms with Gasteiger partial charge in [0.2, 0.25) is 5.88 Å². The van der Waals surface area contributed by atoms with E-state index < -0.39 is 0 Å². The van der Waals surface area contributed by atoms with Gasteiger partial charge in [-0.05, 0) is 47.5 Å². The van der Waals surface area contributed by atoms with Crippen molar-refractivity contribution in [1.29, 1.82) is 0 Å². The van der Waals surface area contributed by atoms with Crippen LogP contribution in [0.2, 0.25) is 0 Å². The van der Waals surface area contributed by atoms with Crippen molar-refractivity contribution >= 4 is 15.9 Å². The lowest BCUT2D eigenvalue weighted by molar-refractivity contribution is 0.0847. The second kappa shape index (κ2) is 5.67. The average Bonchev–Trinajstić information content (AvgIpc) is 2.35. The van der Waals surface area contributed by atoms with Gasteiger partial charge in [0.25, 0.3) is 5.56 Å². The van der Waals surface area contributed by atoms with E-state index in [1.165, 1.54) is 25.6 Å². The molecule has 2 unspecified atom stereocenters. The molecule has 0 amide bonds. The van der Waals surface area contributed by atoms with Crippen LogP contribution in [0.15, 0.2) is 15.6 Å². The van der Waals surface area contributed by atoms with Crippen LogP contribution in [0, 0.1) is 5.92 Å². The molecule has 94 valence electrons. The maximum absolute atomic E-state index is 11.4. The molecule has 0 spiro atoms. The second-order valence-electron chi connectivity index (χ2n) is 4.46. The topological polar surface area (TPSA) is 55.0 Å². The zero-order chi connectivity index (χ0) is 12.3. The number of aromatic nitrogens is 2. The Labute approximate surface area is 109 Å². The molecule has 1 aliphatic carbocycles. The molecule has 0 aliphatic heterocycles. The third-order valence-electron chi connectivity index (χ3n) is 3.39. The van der Waals surface area contributed by atoms with Crippen LogP contribution in [0.3, 0.4) is 0 Å². The highest BCUT2D eigenvalue weighted by atomic mass is 79.9. The van der Waals surface area contributed by atoms with Crippen LogP contribution in [0.25, 0.3) is 0 Å². The molecule has 4 nitrogen and oxygen atoms in total. The van der Waals surface area contributed by atoms with Crippen molar-refractivity contribution in [2.75, 3.05) is 0 Å². The summed E-state index contributed by atoms with van der Waals surface area (Å²) < 4.78 is 6.28. The fourth-order valence-corrected chi connectivity index (χ4v) is 2.70. The number of H-pyrrole nitrogens is 1. The standard InChI is InChI=1S/C12H17BrN2O2/c1-2-8-5-3-4-6-9(8)17-12-10(13)11(16)14-7-15-12/h7-9H,2-6H2,1H3,(H,14,15,16). The molecule has 0 aromatic carbocycles. The van der Waals surface area contributed by atoms with Crippen LogP contribution >= 0.6 is 15.9 Å². The van der Waals surface area contributed by atoms with Crippen LogP contribution < -0.4 is 10.3 Å². The zero-order valence-corrected chi connectivity index (χ0v) is 11.5. The summed E-state index contributed by atoms with van der Waals surface area (Å²) in [7, 11) is 0. The molecular weight excluding hydrogens is 284 g/mol. The molecular formula is C12H17BrN2O2. The SMILES string of the molecule is CCC1CCCCC1Oc1nc[nH]c(=O)c1Br. The number of hydrogen-bond donors (Lipinski definition) is 1. The van der Waals surface area contributed by atoms with Crippen molar-refractivity contribution < 1.29 is 4.74 Å². The predicted molar refractivity (Wildman–Crippen MR) is 69.2 cm³/mol. The van der Waals surface area contributed by atoms with Gasteiger partial charge in [-0.25, -0.2) is 4.98 Å². The predicted octanol–water partition coefficient (Wildman–Crippen LogP) is 2.88. The summed E-state index contributed by atoms with van der Waals surface area (Å²) in [6.45, 7) is 2.19. The van der Waals surface area contributed by atoms with Crippen molar-refractivity contribution in [2.24, 2.45) is 5.92 Å². The highest BCUT2D eigenvalue weighted by Gasteiger charge is 2.26. The van der Waals surface area contributed by atoms with E-state index in [-0.39, 0.29) is 11.7 Å². The minimum atomic E-state index is -0.196. The first kappa shape index (κ1) is 12.6. The van der Waals surface area contributed by atoms with E-state index in [2.05, 4.69) is 32.8 Å². The first-order chi connectivity index (χ1) is 8.22. The maximum atomic E-state index is 11.4. The first-order valence-electron chi connectivity index (χ1n) is 6.12. The number of halogens is 1. The van der Waals surface area contributed by atoms with E-state index in [0.29, 0.717) is 16.3 Å². The molecule has 17 heavy (non-hydrogen) atoms. The number of ether oxygens (including phenoxy) is 1. The van der Waals surface area contributed by atoms with Gasteiger partial charge in [0.05, 0.1) is 6.33 Å². The Kier molecular flexibility index (Phi) is 4.20. The normalized spacial score (nSPS) is 24.6. The molecule has 0 bridgehead atoms. The minimum Gasteiger partial charge on any atom is -0.473 e. The Morgan fingerprint density at radius 1 is 1.53 bits per heavy atom. The van der Waals surface area contributed by atoms with Crippen LogP contribution in [-0.2, 0) is 0 Å². The van der Waals surface area contributed by atoms with Gasteiger partial charge in [-0.3, -0.25) is 4.79 Å². The van der Waals surface area contributed by atoms with Gasteiger partial charge in [-0.2, -0.15) is 0 Å². The lowest BCUT2D eigenvalue weighted by Crippen LogP contribution is -2.30. The van der Waals surface area contributed by atoms with Gasteiger partial charge < -0.3 is 9.72 Å². The van der Waals surface area contributed by atoms with E-state index in [1.54, 1.807) is 0 Å². The lowest BCUT2D eigenvalue weighted by Gasteiger charge is -2.30. The highest BCUT2D eigenvalue weighted by molar-refractivity contribution is 9.10. The molecule has 1 aromatic rings. The fourth-order valence-electron chi connectivity index (χ4n) is 2.39. The van der Waals surface area contributed by atoms with E-state index in [4.69, 9.17) is 4.74 Å². The summed E-state index contributed by atoms with van der Waals surface area (Å²) in [5, 5.41) is 0. The molecule has 1 heterocycles. The van der Waals surface area contributed by atoms with Gasteiger partial charge in [-0.1, -0.05) is 13.3 Å². The molecule has 1 N–H and O–H groups in total. The summed E-state index contributed by atoms with van der Waals surface area (Å²) in [6, 6.07) is 0. The summed E-state index contributed by atoms with van der Waals surface area (Å²) in [5.41, 5.74) is -0.196. The Morgan fingerprint density at radius 2 is 2.29 bits per heavy atom. The van der Waals surface area contributed by atoms with E-state index in [0.717, 1.165) is 12.8 Å². The van der Waals surface area contributed by atoms with Gasteiger partial charge in [-0.15, -0.1) is 0 Å². The quantitative estimate of drug-likeness (QED) is 0.934. The number of hydrogen-bond acceptors (Lipinski definition) is 3. The van der Waals surface area contributed by atoms with Crippen LogP contribution in [0.1, 0.15) is 39.0 Å². The second-order valence-corrected chi connectivity index (χ2v) is 5.25. The summed E-state index contributed by atoms with van der Waals surface area (Å²) in [4.78, 5) is 18.0. The molecule has 0 saturated heterocycles. The largest absolute Gasteiger partial charge is 0.473 e. The summed E-state index contributed by atoms with van der Waals surface area (Å²) >= 11 is 3.22. The number of nitrogens with one attached hydrogen (secondary N) is 1. The van der Waals surface area contributed by atoms with Crippen molar-refractivity contribution in [3.8, 4) is 5.88 Å². The molecule has 1 aromatic heterocycles. The molecule has 2 rings (SSSR count). The first-order valence-corrected chi connectivity index (χ1v) is 6.91. The van der Waals surface area contributed by atoms with Gasteiger partial charge in [0.15, 0.2) is 0 Å². The number of aromatic amines is 1. The van der Waals surface area contributed by atoms with Crippen LogP contribution in [0.4, 0.5) is 0 Å². The van der Waals surface area contributed by atoms with Crippen molar-refractivity contribution in [3.05, 3.63) is 21.2 Å². The number of nitrogens with zero attached hydrogens (tertiary/aromatic N) is 1.